The Balaban J connectivity index is 1.35. The molecule has 2 aliphatic heterocycles. The molecule has 0 radical (unpaired) electrons. The summed E-state index contributed by atoms with van der Waals surface area (Å²) in [6.07, 6.45) is 0.460. The molecule has 9 nitrogen and oxygen atoms in total. The molecule has 2 amide bonds. The molecule has 4 rings (SSSR count). The van der Waals surface area contributed by atoms with E-state index >= 15 is 4.39 Å². The van der Waals surface area contributed by atoms with Crippen molar-refractivity contribution in [3.63, 3.8) is 0 Å². The van der Waals surface area contributed by atoms with Gasteiger partial charge in [0.25, 0.3) is 11.1 Å². The quantitative estimate of drug-likeness (QED) is 0.488. The molecule has 34 heavy (non-hydrogen) atoms. The lowest BCUT2D eigenvalue weighted by Crippen LogP contribution is -2.49. The van der Waals surface area contributed by atoms with Crippen LogP contribution in [0.4, 0.5) is 20.6 Å². The molecule has 1 aromatic heterocycles. The number of ether oxygens (including phenoxy) is 2. The van der Waals surface area contributed by atoms with Crippen molar-refractivity contribution in [2.45, 2.75) is 6.10 Å². The summed E-state index contributed by atoms with van der Waals surface area (Å²) < 4.78 is 25.2. The summed E-state index contributed by atoms with van der Waals surface area (Å²) in [4.78, 5) is 33.8. The van der Waals surface area contributed by atoms with Crippen LogP contribution < -0.4 is 15.1 Å². The Kier molecular flexibility index (Phi) is 7.32. The number of pyridine rings is 1. The van der Waals surface area contributed by atoms with Gasteiger partial charge in [0, 0.05) is 32.4 Å². The lowest BCUT2D eigenvalue weighted by atomic mass is 10.2. The lowest BCUT2D eigenvalue weighted by Gasteiger charge is -2.36. The number of thiocarbonyl (C=S) groups is 1. The van der Waals surface area contributed by atoms with Crippen LogP contribution in [0.2, 0.25) is 5.15 Å². The average Bonchev–Trinajstić information content (AvgIpc) is 3.23. The highest BCUT2D eigenvalue weighted by molar-refractivity contribution is 7.80. The highest BCUT2D eigenvalue weighted by Gasteiger charge is 2.33. The van der Waals surface area contributed by atoms with E-state index in [9.17, 15) is 9.59 Å². The minimum absolute atomic E-state index is 0.137. The van der Waals surface area contributed by atoms with Crippen LogP contribution in [0.3, 0.4) is 0 Å². The van der Waals surface area contributed by atoms with E-state index in [2.05, 4.69) is 10.3 Å². The summed E-state index contributed by atoms with van der Waals surface area (Å²) in [6, 6.07) is 7.86. The van der Waals surface area contributed by atoms with E-state index in [0.29, 0.717) is 54.8 Å². The van der Waals surface area contributed by atoms with E-state index in [1.807, 2.05) is 4.90 Å². The summed E-state index contributed by atoms with van der Waals surface area (Å²) in [5, 5.41) is 3.37. The maximum Gasteiger partial charge on any atom is 0.414 e. The van der Waals surface area contributed by atoms with Crippen LogP contribution in [-0.2, 0) is 9.47 Å². The van der Waals surface area contributed by atoms with Crippen molar-refractivity contribution >= 4 is 52.4 Å². The van der Waals surface area contributed by atoms with Gasteiger partial charge >= 0.3 is 6.09 Å². The van der Waals surface area contributed by atoms with Crippen LogP contribution >= 0.6 is 23.8 Å². The first kappa shape index (κ1) is 24.0. The number of rotatable bonds is 5. The van der Waals surface area contributed by atoms with Gasteiger partial charge < -0.3 is 24.6 Å². The number of nitrogens with zero attached hydrogens (tertiary/aromatic N) is 4. The van der Waals surface area contributed by atoms with Crippen LogP contribution in [-0.4, -0.2) is 79.5 Å². The van der Waals surface area contributed by atoms with Gasteiger partial charge in [-0.2, -0.15) is 0 Å². The molecule has 1 aromatic carbocycles. The molecule has 0 spiro atoms. The van der Waals surface area contributed by atoms with Crippen molar-refractivity contribution < 1.29 is 23.5 Å². The number of piperazine rings is 1. The Morgan fingerprint density at radius 3 is 2.71 bits per heavy atom. The van der Waals surface area contributed by atoms with Crippen LogP contribution in [0.5, 0.6) is 0 Å². The van der Waals surface area contributed by atoms with Crippen molar-refractivity contribution in [1.29, 1.82) is 0 Å². The summed E-state index contributed by atoms with van der Waals surface area (Å²) in [6.45, 7) is 2.39. The van der Waals surface area contributed by atoms with Crippen LogP contribution in [0.15, 0.2) is 36.5 Å². The second-order valence-corrected chi connectivity index (χ2v) is 8.53. The molecule has 2 aliphatic rings. The first-order valence-electron chi connectivity index (χ1n) is 10.6. The van der Waals surface area contributed by atoms with Crippen molar-refractivity contribution in [3.05, 3.63) is 53.1 Å². The van der Waals surface area contributed by atoms with Crippen molar-refractivity contribution in [2.24, 2.45) is 0 Å². The molecule has 3 heterocycles. The highest BCUT2D eigenvalue weighted by atomic mass is 35.5. The zero-order valence-electron chi connectivity index (χ0n) is 18.4. The Bertz CT molecular complexity index is 1080. The number of carbonyl (C=O) groups is 2. The molecular weight excluding hydrogens is 485 g/mol. The number of anilines is 2. The van der Waals surface area contributed by atoms with Gasteiger partial charge in [0.05, 0.1) is 37.1 Å². The SMILES string of the molecule is COC(=S)NCC1CN(c2ccc(N3CCN(C(=O)c4ccc(Cl)nc4)CC3)c(F)c2)C(=O)O1. The zero-order valence-corrected chi connectivity index (χ0v) is 19.9. The Morgan fingerprint density at radius 2 is 2.06 bits per heavy atom. The molecule has 0 saturated carbocycles. The van der Waals surface area contributed by atoms with Crippen molar-refractivity contribution in [1.82, 2.24) is 15.2 Å². The smallest absolute Gasteiger partial charge is 0.414 e. The van der Waals surface area contributed by atoms with Gasteiger partial charge in [-0.05, 0) is 42.5 Å². The van der Waals surface area contributed by atoms with Gasteiger partial charge in [-0.3, -0.25) is 9.69 Å². The molecule has 0 aliphatic carbocycles. The number of methoxy groups -OCH3 is 1. The topological polar surface area (TPSA) is 87.2 Å². The third kappa shape index (κ3) is 5.31. The first-order valence-corrected chi connectivity index (χ1v) is 11.4. The second-order valence-electron chi connectivity index (χ2n) is 7.77. The van der Waals surface area contributed by atoms with E-state index in [0.717, 1.165) is 0 Å². The summed E-state index contributed by atoms with van der Waals surface area (Å²) in [7, 11) is 1.45. The molecule has 180 valence electrons. The molecule has 2 saturated heterocycles. The van der Waals surface area contributed by atoms with Crippen molar-refractivity contribution in [2.75, 3.05) is 56.2 Å². The predicted octanol–water partition coefficient (Wildman–Crippen LogP) is 2.68. The number of nitrogens with one attached hydrogen (secondary N) is 1. The zero-order chi connectivity index (χ0) is 24.2. The number of hydrogen-bond acceptors (Lipinski definition) is 7. The van der Waals surface area contributed by atoms with E-state index in [-0.39, 0.29) is 17.6 Å². The van der Waals surface area contributed by atoms with E-state index < -0.39 is 18.0 Å². The largest absolute Gasteiger partial charge is 0.474 e. The van der Waals surface area contributed by atoms with Gasteiger partial charge in [-0.15, -0.1) is 0 Å². The lowest BCUT2D eigenvalue weighted by molar-refractivity contribution is 0.0746. The Morgan fingerprint density at radius 1 is 1.29 bits per heavy atom. The Hall–Kier alpha value is -3.18. The minimum atomic E-state index is -0.550. The third-order valence-corrected chi connectivity index (χ3v) is 6.19. The van der Waals surface area contributed by atoms with E-state index in [4.69, 9.17) is 33.3 Å². The van der Waals surface area contributed by atoms with Gasteiger partial charge in [0.15, 0.2) is 0 Å². The number of hydrogen-bond donors (Lipinski definition) is 1. The maximum absolute atomic E-state index is 15.0. The van der Waals surface area contributed by atoms with Gasteiger partial charge in [0.2, 0.25) is 0 Å². The van der Waals surface area contributed by atoms with Crippen molar-refractivity contribution in [3.8, 4) is 0 Å². The number of cyclic esters (lactones) is 1. The van der Waals surface area contributed by atoms with Crippen LogP contribution in [0, 0.1) is 5.82 Å². The maximum atomic E-state index is 15.0. The minimum Gasteiger partial charge on any atom is -0.474 e. The number of carbonyl (C=O) groups excluding carboxylic acids is 2. The Labute approximate surface area is 206 Å². The highest BCUT2D eigenvalue weighted by Crippen LogP contribution is 2.28. The molecule has 1 N–H and O–H groups in total. The molecule has 1 atom stereocenters. The van der Waals surface area contributed by atoms with Gasteiger partial charge in [-0.1, -0.05) is 11.6 Å². The first-order chi connectivity index (χ1) is 16.4. The number of halogens is 2. The number of aromatic nitrogens is 1. The molecule has 2 aromatic rings. The molecular formula is C22H23ClFN5O4S. The fourth-order valence-corrected chi connectivity index (χ4v) is 4.06. The molecule has 2 fully saturated rings. The van der Waals surface area contributed by atoms with E-state index in [1.54, 1.807) is 29.2 Å². The van der Waals surface area contributed by atoms with Crippen LogP contribution in [0.25, 0.3) is 0 Å². The van der Waals surface area contributed by atoms with E-state index in [1.165, 1.54) is 24.3 Å². The fourth-order valence-electron chi connectivity index (χ4n) is 3.86. The van der Waals surface area contributed by atoms with Gasteiger partial charge in [-0.25, -0.2) is 14.2 Å². The normalized spacial score (nSPS) is 18.0. The fraction of sp³-hybridized carbons (Fsp3) is 0.364. The molecule has 12 heteroatoms. The average molecular weight is 508 g/mol. The van der Waals surface area contributed by atoms with Gasteiger partial charge in [0.1, 0.15) is 17.1 Å². The summed E-state index contributed by atoms with van der Waals surface area (Å²) in [5.41, 5.74) is 1.29. The predicted molar refractivity (Wildman–Crippen MR) is 129 cm³/mol. The number of amides is 2. The monoisotopic (exact) mass is 507 g/mol. The summed E-state index contributed by atoms with van der Waals surface area (Å²) >= 11 is 10.7. The standard InChI is InChI=1S/C22H23ClFN5O4S/c1-32-21(34)26-12-16-13-29(22(31)33-16)15-3-4-18(17(24)10-15)27-6-8-28(9-7-27)20(30)14-2-5-19(23)25-11-14/h2-5,10-11,16H,6-9,12-13H2,1H3,(H,26,34). The second kappa shape index (κ2) is 10.4. The summed E-state index contributed by atoms with van der Waals surface area (Å²) in [5.74, 6) is -0.586. The van der Waals surface area contributed by atoms with Crippen LogP contribution in [0.1, 0.15) is 10.4 Å². The molecule has 1 unspecified atom stereocenters. The number of benzene rings is 1. The molecule has 0 bridgehead atoms. The third-order valence-electron chi connectivity index (χ3n) is 5.66.